The van der Waals surface area contributed by atoms with Crippen molar-refractivity contribution >= 4 is 5.97 Å². The van der Waals surface area contributed by atoms with Crippen LogP contribution in [0.5, 0.6) is 0 Å². The summed E-state index contributed by atoms with van der Waals surface area (Å²) in [7, 11) is 0. The van der Waals surface area contributed by atoms with Crippen molar-refractivity contribution in [2.75, 3.05) is 0 Å². The van der Waals surface area contributed by atoms with Gasteiger partial charge in [0.2, 0.25) is 0 Å². The topological polar surface area (TPSA) is 60.4 Å². The second-order valence-electron chi connectivity index (χ2n) is 5.88. The maximum Gasteiger partial charge on any atom is 1.00 e. The normalized spacial score (nSPS) is 12.3. The van der Waals surface area contributed by atoms with E-state index in [0.29, 0.717) is 0 Å². The standard InChI is InChI=1S/C18H34O3.Na/c1-2-3-4-8-11-14-17(19)15-12-9-6-5-7-10-13-16-18(20)21;/h12,15,17,19H,2-11,13-14,16H2,1H3,(H,20,21);/q;+1/p-1/b15-12+;. The summed E-state index contributed by atoms with van der Waals surface area (Å²) in [5.74, 6) is -0.943. The van der Waals surface area contributed by atoms with Crippen LogP contribution < -0.4 is 34.7 Å². The van der Waals surface area contributed by atoms with Crippen LogP contribution in [0.3, 0.4) is 0 Å². The van der Waals surface area contributed by atoms with E-state index in [1.165, 1.54) is 25.7 Å². The van der Waals surface area contributed by atoms with E-state index >= 15 is 0 Å². The zero-order chi connectivity index (χ0) is 15.8. The molecule has 0 aliphatic heterocycles. The Bertz CT molecular complexity index is 267. The Kier molecular flexibility index (Phi) is 21.3. The average molecular weight is 320 g/mol. The first-order chi connectivity index (χ1) is 10.2. The van der Waals surface area contributed by atoms with Crippen LogP contribution >= 0.6 is 0 Å². The molecule has 1 atom stereocenters. The summed E-state index contributed by atoms with van der Waals surface area (Å²) in [5, 5.41) is 20.0. The number of carboxylic acids is 1. The molecule has 3 nitrogen and oxygen atoms in total. The van der Waals surface area contributed by atoms with Crippen molar-refractivity contribution in [2.24, 2.45) is 0 Å². The molecule has 0 fully saturated rings. The molecule has 0 aromatic heterocycles. The fourth-order valence-corrected chi connectivity index (χ4v) is 2.37. The monoisotopic (exact) mass is 320 g/mol. The molecule has 0 spiro atoms. The van der Waals surface area contributed by atoms with E-state index in [-0.39, 0.29) is 42.1 Å². The van der Waals surface area contributed by atoms with Crippen molar-refractivity contribution in [3.05, 3.63) is 12.2 Å². The molecule has 0 bridgehead atoms. The smallest absolute Gasteiger partial charge is 0.550 e. The molecule has 0 radical (unpaired) electrons. The van der Waals surface area contributed by atoms with Crippen LogP contribution in [0.4, 0.5) is 0 Å². The summed E-state index contributed by atoms with van der Waals surface area (Å²) >= 11 is 0. The van der Waals surface area contributed by atoms with E-state index in [1.54, 1.807) is 0 Å². The molecule has 0 aliphatic carbocycles. The molecule has 0 aromatic rings. The fraction of sp³-hybridized carbons (Fsp3) is 0.833. The minimum Gasteiger partial charge on any atom is -0.550 e. The van der Waals surface area contributed by atoms with Crippen molar-refractivity contribution in [1.82, 2.24) is 0 Å². The van der Waals surface area contributed by atoms with Crippen LogP contribution in [0.25, 0.3) is 0 Å². The Morgan fingerprint density at radius 1 is 1.00 bits per heavy atom. The fourth-order valence-electron chi connectivity index (χ4n) is 2.37. The molecule has 22 heavy (non-hydrogen) atoms. The van der Waals surface area contributed by atoms with Gasteiger partial charge in [0, 0.05) is 5.97 Å². The first kappa shape index (κ1) is 24.4. The van der Waals surface area contributed by atoms with Crippen molar-refractivity contribution in [2.45, 2.75) is 96.5 Å². The third-order valence-corrected chi connectivity index (χ3v) is 3.71. The number of unbranched alkanes of at least 4 members (excludes halogenated alkanes) is 9. The van der Waals surface area contributed by atoms with Crippen LogP contribution in [-0.4, -0.2) is 17.2 Å². The van der Waals surface area contributed by atoms with E-state index in [2.05, 4.69) is 13.0 Å². The predicted molar refractivity (Wildman–Crippen MR) is 85.8 cm³/mol. The summed E-state index contributed by atoms with van der Waals surface area (Å²) in [6, 6.07) is 0. The number of carboxylic acid groups (broad SMARTS) is 1. The van der Waals surface area contributed by atoms with Crippen molar-refractivity contribution in [3.8, 4) is 0 Å². The van der Waals surface area contributed by atoms with Gasteiger partial charge in [0.1, 0.15) is 0 Å². The first-order valence-corrected chi connectivity index (χ1v) is 8.71. The summed E-state index contributed by atoms with van der Waals surface area (Å²) in [4.78, 5) is 10.2. The molecule has 1 unspecified atom stereocenters. The first-order valence-electron chi connectivity index (χ1n) is 8.71. The Hall–Kier alpha value is 0.170. The maximum absolute atomic E-state index is 10.2. The second kappa shape index (κ2) is 19.2. The van der Waals surface area contributed by atoms with Gasteiger partial charge in [-0.25, -0.2) is 0 Å². The number of allylic oxidation sites excluding steroid dienone is 1. The van der Waals surface area contributed by atoms with Crippen LogP contribution in [-0.2, 0) is 4.79 Å². The number of carbonyl (C=O) groups excluding carboxylic acids is 1. The van der Waals surface area contributed by atoms with Gasteiger partial charge in [-0.1, -0.05) is 70.4 Å². The van der Waals surface area contributed by atoms with Gasteiger partial charge in [-0.2, -0.15) is 0 Å². The Morgan fingerprint density at radius 2 is 1.59 bits per heavy atom. The largest absolute Gasteiger partial charge is 1.00 e. The quantitative estimate of drug-likeness (QED) is 0.275. The van der Waals surface area contributed by atoms with Gasteiger partial charge in [0.25, 0.3) is 0 Å². The summed E-state index contributed by atoms with van der Waals surface area (Å²) in [5.41, 5.74) is 0. The van der Waals surface area contributed by atoms with Gasteiger partial charge in [-0.3, -0.25) is 0 Å². The number of carbonyl (C=O) groups is 1. The van der Waals surface area contributed by atoms with Crippen molar-refractivity contribution in [3.63, 3.8) is 0 Å². The number of aliphatic hydroxyl groups is 1. The van der Waals surface area contributed by atoms with Gasteiger partial charge in [-0.05, 0) is 32.1 Å². The van der Waals surface area contributed by atoms with Crippen LogP contribution in [0.15, 0.2) is 12.2 Å². The van der Waals surface area contributed by atoms with Gasteiger partial charge >= 0.3 is 29.6 Å². The summed E-state index contributed by atoms with van der Waals surface area (Å²) in [6.45, 7) is 2.21. The van der Waals surface area contributed by atoms with E-state index in [0.717, 1.165) is 51.4 Å². The molecule has 4 heteroatoms. The number of hydrogen-bond donors (Lipinski definition) is 1. The van der Waals surface area contributed by atoms with E-state index in [1.807, 2.05) is 6.08 Å². The molecular formula is C18H33NaO3. The average Bonchev–Trinajstić information content (AvgIpc) is 2.45. The molecule has 0 aromatic carbocycles. The number of aliphatic carboxylic acids is 1. The van der Waals surface area contributed by atoms with Crippen LogP contribution in [0.1, 0.15) is 90.4 Å². The van der Waals surface area contributed by atoms with Crippen LogP contribution in [0.2, 0.25) is 0 Å². The van der Waals surface area contributed by atoms with Gasteiger partial charge in [0.05, 0.1) is 6.10 Å². The second-order valence-corrected chi connectivity index (χ2v) is 5.88. The SMILES string of the molecule is CCCCCCCC(O)/C=C/CCCCCCCC(=O)[O-].[Na+]. The molecule has 1 N–H and O–H groups in total. The van der Waals surface area contributed by atoms with E-state index in [9.17, 15) is 15.0 Å². The molecule has 0 rings (SSSR count). The Labute approximate surface area is 158 Å². The minimum absolute atomic E-state index is 0. The third-order valence-electron chi connectivity index (χ3n) is 3.71. The molecule has 0 saturated carbocycles. The number of rotatable bonds is 15. The zero-order valence-corrected chi connectivity index (χ0v) is 16.7. The summed E-state index contributed by atoms with van der Waals surface area (Å²) < 4.78 is 0. The molecule has 124 valence electrons. The Morgan fingerprint density at radius 3 is 2.27 bits per heavy atom. The Balaban J connectivity index is 0. The van der Waals surface area contributed by atoms with Gasteiger partial charge in [-0.15, -0.1) is 0 Å². The minimum atomic E-state index is -0.943. The molecule has 0 amide bonds. The van der Waals surface area contributed by atoms with Crippen LogP contribution in [0, 0.1) is 0 Å². The number of aliphatic hydroxyl groups excluding tert-OH is 1. The summed E-state index contributed by atoms with van der Waals surface area (Å²) in [6.07, 6.45) is 17.0. The van der Waals surface area contributed by atoms with Crippen molar-refractivity contribution < 1.29 is 44.6 Å². The van der Waals surface area contributed by atoms with E-state index < -0.39 is 5.97 Å². The molecule has 0 saturated heterocycles. The van der Waals surface area contributed by atoms with Gasteiger partial charge < -0.3 is 15.0 Å². The molecular weight excluding hydrogens is 287 g/mol. The third kappa shape index (κ3) is 20.2. The molecule has 0 aliphatic rings. The predicted octanol–water partition coefficient (Wildman–Crippen LogP) is 0.749. The van der Waals surface area contributed by atoms with E-state index in [4.69, 9.17) is 0 Å². The maximum atomic E-state index is 10.2. The van der Waals surface area contributed by atoms with Gasteiger partial charge in [0.15, 0.2) is 0 Å². The number of hydrogen-bond acceptors (Lipinski definition) is 3. The zero-order valence-electron chi connectivity index (χ0n) is 14.7. The molecule has 0 heterocycles. The van der Waals surface area contributed by atoms with Crippen molar-refractivity contribution in [1.29, 1.82) is 0 Å².